The van der Waals surface area contributed by atoms with Crippen molar-refractivity contribution in [2.45, 2.75) is 13.0 Å². The van der Waals surface area contributed by atoms with Crippen LogP contribution in [-0.2, 0) is 17.8 Å². The number of rotatable bonds is 4. The molecule has 0 saturated carbocycles. The molecule has 5 heteroatoms. The Morgan fingerprint density at radius 3 is 2.88 bits per heavy atom. The molecule has 0 unspecified atom stereocenters. The summed E-state index contributed by atoms with van der Waals surface area (Å²) in [7, 11) is 0. The van der Waals surface area contributed by atoms with Crippen molar-refractivity contribution in [2.24, 2.45) is 0 Å². The van der Waals surface area contributed by atoms with Crippen LogP contribution < -0.4 is 0 Å². The van der Waals surface area contributed by atoms with Crippen LogP contribution in [0, 0.1) is 0 Å². The molecule has 1 aromatic carbocycles. The predicted octanol–water partition coefficient (Wildman–Crippen LogP) is 2.21. The summed E-state index contributed by atoms with van der Waals surface area (Å²) in [4.78, 5) is 14.5. The van der Waals surface area contributed by atoms with Crippen molar-refractivity contribution < 1.29 is 9.90 Å². The molecular weight excluding hydrogens is 240 g/mol. The third-order valence-corrected chi connectivity index (χ3v) is 2.74. The van der Waals surface area contributed by atoms with Crippen LogP contribution >= 0.6 is 11.6 Å². The van der Waals surface area contributed by atoms with Crippen molar-refractivity contribution in [3.63, 3.8) is 0 Å². The van der Waals surface area contributed by atoms with Gasteiger partial charge in [-0.25, -0.2) is 4.98 Å². The van der Waals surface area contributed by atoms with Crippen molar-refractivity contribution in [1.29, 1.82) is 0 Å². The van der Waals surface area contributed by atoms with Gasteiger partial charge in [-0.05, 0) is 17.2 Å². The second-order valence-corrected chi connectivity index (χ2v) is 4.14. The van der Waals surface area contributed by atoms with Gasteiger partial charge in [0.2, 0.25) is 0 Å². The Bertz CT molecular complexity index is 523. The van der Waals surface area contributed by atoms with Gasteiger partial charge in [-0.3, -0.25) is 4.79 Å². The molecule has 1 heterocycles. The van der Waals surface area contributed by atoms with E-state index in [-0.39, 0.29) is 6.42 Å². The van der Waals surface area contributed by atoms with Gasteiger partial charge in [-0.2, -0.15) is 0 Å². The van der Waals surface area contributed by atoms with Gasteiger partial charge in [0.15, 0.2) is 0 Å². The minimum atomic E-state index is -0.858. The molecule has 0 bridgehead atoms. The molecule has 0 atom stereocenters. The van der Waals surface area contributed by atoms with Gasteiger partial charge < -0.3 is 9.67 Å². The van der Waals surface area contributed by atoms with Crippen molar-refractivity contribution in [3.8, 4) is 0 Å². The number of carboxylic acid groups (broad SMARTS) is 1. The summed E-state index contributed by atoms with van der Waals surface area (Å²) in [5, 5.41) is 9.26. The van der Waals surface area contributed by atoms with Gasteiger partial charge in [0.1, 0.15) is 0 Å². The van der Waals surface area contributed by atoms with Crippen LogP contribution in [-0.4, -0.2) is 20.6 Å². The van der Waals surface area contributed by atoms with Crippen LogP contribution in [0.2, 0.25) is 5.02 Å². The van der Waals surface area contributed by atoms with E-state index in [4.69, 9.17) is 16.7 Å². The fraction of sp³-hybridized carbons (Fsp3) is 0.167. The highest BCUT2D eigenvalue weighted by Gasteiger charge is 2.05. The number of carboxylic acids is 1. The SMILES string of the molecule is O=C(O)Cc1ccc(Cn2ccnc2)c(Cl)c1. The first kappa shape index (κ1) is 11.7. The number of hydrogen-bond acceptors (Lipinski definition) is 2. The lowest BCUT2D eigenvalue weighted by Crippen LogP contribution is -2.02. The topological polar surface area (TPSA) is 55.1 Å². The Hall–Kier alpha value is -1.81. The molecule has 0 amide bonds. The van der Waals surface area contributed by atoms with E-state index in [1.807, 2.05) is 16.8 Å². The maximum Gasteiger partial charge on any atom is 0.307 e. The van der Waals surface area contributed by atoms with Crippen LogP contribution in [0.4, 0.5) is 0 Å². The first-order valence-electron chi connectivity index (χ1n) is 5.10. The Labute approximate surface area is 103 Å². The molecule has 2 rings (SSSR count). The quantitative estimate of drug-likeness (QED) is 0.905. The highest BCUT2D eigenvalue weighted by Crippen LogP contribution is 2.19. The number of nitrogens with zero attached hydrogens (tertiary/aromatic N) is 2. The molecule has 2 aromatic rings. The molecular formula is C12H11ClN2O2. The average Bonchev–Trinajstić information content (AvgIpc) is 2.74. The number of imidazole rings is 1. The van der Waals surface area contributed by atoms with Crippen LogP contribution in [0.3, 0.4) is 0 Å². The van der Waals surface area contributed by atoms with E-state index < -0.39 is 5.97 Å². The van der Waals surface area contributed by atoms with Crippen molar-refractivity contribution >= 4 is 17.6 Å². The second-order valence-electron chi connectivity index (χ2n) is 3.73. The molecule has 1 N–H and O–H groups in total. The van der Waals surface area contributed by atoms with Crippen molar-refractivity contribution in [1.82, 2.24) is 9.55 Å². The number of benzene rings is 1. The molecule has 88 valence electrons. The Morgan fingerprint density at radius 2 is 2.29 bits per heavy atom. The fourth-order valence-electron chi connectivity index (χ4n) is 1.58. The van der Waals surface area contributed by atoms with E-state index >= 15 is 0 Å². The highest BCUT2D eigenvalue weighted by molar-refractivity contribution is 6.31. The van der Waals surface area contributed by atoms with Crippen LogP contribution in [0.5, 0.6) is 0 Å². The highest BCUT2D eigenvalue weighted by atomic mass is 35.5. The van der Waals surface area contributed by atoms with E-state index in [9.17, 15) is 4.79 Å². The van der Waals surface area contributed by atoms with E-state index in [2.05, 4.69) is 4.98 Å². The number of carbonyl (C=O) groups is 1. The second kappa shape index (κ2) is 5.01. The smallest absolute Gasteiger partial charge is 0.307 e. The molecule has 0 spiro atoms. The lowest BCUT2D eigenvalue weighted by Gasteiger charge is -2.06. The minimum Gasteiger partial charge on any atom is -0.481 e. The van der Waals surface area contributed by atoms with Gasteiger partial charge in [-0.1, -0.05) is 23.7 Å². The summed E-state index contributed by atoms with van der Waals surface area (Å²) >= 11 is 6.10. The third-order valence-electron chi connectivity index (χ3n) is 2.38. The van der Waals surface area contributed by atoms with Gasteiger partial charge in [-0.15, -0.1) is 0 Å². The standard InChI is InChI=1S/C12H11ClN2O2/c13-11-5-9(6-12(16)17)1-2-10(11)7-15-4-3-14-8-15/h1-5,8H,6-7H2,(H,16,17). The fourth-order valence-corrected chi connectivity index (χ4v) is 1.84. The van der Waals surface area contributed by atoms with Crippen LogP contribution in [0.25, 0.3) is 0 Å². The zero-order chi connectivity index (χ0) is 12.3. The normalized spacial score (nSPS) is 10.4. The summed E-state index contributed by atoms with van der Waals surface area (Å²) in [5.41, 5.74) is 1.65. The summed E-state index contributed by atoms with van der Waals surface area (Å²) in [6.07, 6.45) is 5.25. The third kappa shape index (κ3) is 3.07. The number of aromatic nitrogens is 2. The molecule has 0 aliphatic rings. The first-order valence-corrected chi connectivity index (χ1v) is 5.48. The lowest BCUT2D eigenvalue weighted by molar-refractivity contribution is -0.136. The molecule has 17 heavy (non-hydrogen) atoms. The molecule has 4 nitrogen and oxygen atoms in total. The van der Waals surface area contributed by atoms with Crippen LogP contribution in [0.1, 0.15) is 11.1 Å². The molecule has 0 aliphatic carbocycles. The minimum absolute atomic E-state index is 0.00885. The number of halogens is 1. The van der Waals surface area contributed by atoms with Gasteiger partial charge in [0.05, 0.1) is 12.7 Å². The van der Waals surface area contributed by atoms with E-state index in [0.717, 1.165) is 5.56 Å². The van der Waals surface area contributed by atoms with Crippen molar-refractivity contribution in [2.75, 3.05) is 0 Å². The van der Waals surface area contributed by atoms with Gasteiger partial charge >= 0.3 is 5.97 Å². The Morgan fingerprint density at radius 1 is 1.47 bits per heavy atom. The molecule has 0 aliphatic heterocycles. The zero-order valence-corrected chi connectivity index (χ0v) is 9.76. The van der Waals surface area contributed by atoms with Gasteiger partial charge in [0, 0.05) is 24.0 Å². The maximum absolute atomic E-state index is 10.6. The van der Waals surface area contributed by atoms with Gasteiger partial charge in [0.25, 0.3) is 0 Å². The Balaban J connectivity index is 2.17. The van der Waals surface area contributed by atoms with E-state index in [0.29, 0.717) is 17.1 Å². The average molecular weight is 251 g/mol. The summed E-state index contributed by atoms with van der Waals surface area (Å²) in [6, 6.07) is 5.33. The maximum atomic E-state index is 10.6. The summed E-state index contributed by atoms with van der Waals surface area (Å²) in [6.45, 7) is 0.631. The molecule has 1 aromatic heterocycles. The Kier molecular flexibility index (Phi) is 3.44. The number of hydrogen-bond donors (Lipinski definition) is 1. The summed E-state index contributed by atoms with van der Waals surface area (Å²) < 4.78 is 1.90. The molecule has 0 radical (unpaired) electrons. The van der Waals surface area contributed by atoms with Crippen LogP contribution in [0.15, 0.2) is 36.9 Å². The largest absolute Gasteiger partial charge is 0.481 e. The lowest BCUT2D eigenvalue weighted by atomic mass is 10.1. The van der Waals surface area contributed by atoms with E-state index in [1.165, 1.54) is 0 Å². The summed E-state index contributed by atoms with van der Waals surface area (Å²) in [5.74, 6) is -0.858. The first-order chi connectivity index (χ1) is 8.15. The molecule has 0 saturated heterocycles. The molecule has 0 fully saturated rings. The van der Waals surface area contributed by atoms with E-state index in [1.54, 1.807) is 24.7 Å². The van der Waals surface area contributed by atoms with Crippen molar-refractivity contribution in [3.05, 3.63) is 53.1 Å². The number of aliphatic carboxylic acids is 1. The zero-order valence-electron chi connectivity index (χ0n) is 9.01. The predicted molar refractivity (Wildman–Crippen MR) is 64.1 cm³/mol. The monoisotopic (exact) mass is 250 g/mol.